The normalized spacial score (nSPS) is 10.6. The molecule has 1 aromatic carbocycles. The molecule has 0 aliphatic heterocycles. The molecule has 3 amide bonds. The van der Waals surface area contributed by atoms with Crippen molar-refractivity contribution in [1.82, 2.24) is 10.4 Å². The smallest absolute Gasteiger partial charge is 0.419 e. The van der Waals surface area contributed by atoms with Gasteiger partial charge in [-0.1, -0.05) is 30.3 Å². The number of carbonyl (C=O) groups excluding carboxylic acids is 3. The number of hydroxylamine groups is 1. The molecule has 0 aliphatic carbocycles. The zero-order valence-corrected chi connectivity index (χ0v) is 13.2. The van der Waals surface area contributed by atoms with Crippen molar-refractivity contribution < 1.29 is 29.1 Å². The van der Waals surface area contributed by atoms with Crippen LogP contribution in [0.1, 0.15) is 26.3 Å². The van der Waals surface area contributed by atoms with E-state index in [1.807, 2.05) is 6.07 Å². The number of nitrogens with one attached hydrogen (secondary N) is 1. The number of rotatable bonds is 4. The number of hydrogen-bond acceptors (Lipinski definition) is 6. The molecule has 0 aliphatic rings. The third-order valence-corrected chi connectivity index (χ3v) is 2.48. The van der Waals surface area contributed by atoms with E-state index in [9.17, 15) is 14.4 Å². The first-order valence-electron chi connectivity index (χ1n) is 6.87. The average Bonchev–Trinajstić information content (AvgIpc) is 2.49. The number of urea groups is 1. The summed E-state index contributed by atoms with van der Waals surface area (Å²) >= 11 is 0. The number of benzene rings is 1. The van der Waals surface area contributed by atoms with Crippen molar-refractivity contribution in [3.8, 4) is 0 Å². The quantitative estimate of drug-likeness (QED) is 0.499. The van der Waals surface area contributed by atoms with Gasteiger partial charge in [-0.25, -0.2) is 20.0 Å². The van der Waals surface area contributed by atoms with E-state index in [1.54, 1.807) is 45.0 Å². The van der Waals surface area contributed by atoms with Crippen LogP contribution in [-0.4, -0.2) is 40.3 Å². The van der Waals surface area contributed by atoms with Crippen molar-refractivity contribution >= 4 is 18.1 Å². The highest BCUT2D eigenvalue weighted by atomic mass is 16.6. The molecule has 8 heteroatoms. The zero-order chi connectivity index (χ0) is 17.5. The Morgan fingerprint density at radius 1 is 1.17 bits per heavy atom. The summed E-state index contributed by atoms with van der Waals surface area (Å²) in [5.41, 5.74) is 1.19. The Hall–Kier alpha value is -2.61. The summed E-state index contributed by atoms with van der Waals surface area (Å²) in [4.78, 5) is 35.6. The Labute approximate surface area is 133 Å². The van der Waals surface area contributed by atoms with Crippen LogP contribution in [-0.2, 0) is 20.9 Å². The van der Waals surface area contributed by atoms with Gasteiger partial charge in [-0.2, -0.15) is 0 Å². The van der Waals surface area contributed by atoms with E-state index in [1.165, 1.54) is 5.48 Å². The molecule has 2 N–H and O–H groups in total. The van der Waals surface area contributed by atoms with Crippen molar-refractivity contribution in [2.75, 3.05) is 6.54 Å². The van der Waals surface area contributed by atoms with Gasteiger partial charge in [0.1, 0.15) is 18.8 Å². The fourth-order valence-electron chi connectivity index (χ4n) is 1.51. The lowest BCUT2D eigenvalue weighted by Crippen LogP contribution is -2.47. The predicted octanol–water partition coefficient (Wildman–Crippen LogP) is 2.07. The van der Waals surface area contributed by atoms with Crippen LogP contribution in [0.4, 0.5) is 9.59 Å². The lowest BCUT2D eigenvalue weighted by Gasteiger charge is -2.24. The van der Waals surface area contributed by atoms with Gasteiger partial charge in [0.25, 0.3) is 0 Å². The first-order valence-corrected chi connectivity index (χ1v) is 6.87. The highest BCUT2D eigenvalue weighted by molar-refractivity contribution is 5.94. The molecule has 0 heterocycles. The maximum Gasteiger partial charge on any atom is 0.419 e. The molecule has 0 saturated carbocycles. The van der Waals surface area contributed by atoms with E-state index in [4.69, 9.17) is 14.7 Å². The van der Waals surface area contributed by atoms with Gasteiger partial charge in [-0.15, -0.1) is 0 Å². The molecule has 0 fully saturated rings. The van der Waals surface area contributed by atoms with E-state index < -0.39 is 30.2 Å². The standard InChI is InChI=1S/C15H20N2O6/c1-15(2,3)23-14(20)17(13(19)16-21)9-12(18)22-10-11-7-5-4-6-8-11/h4-8,21H,9-10H2,1-3H3,(H,16,19). The molecule has 0 saturated heterocycles. The van der Waals surface area contributed by atoms with E-state index in [2.05, 4.69) is 0 Å². The van der Waals surface area contributed by atoms with Crippen molar-refractivity contribution in [3.63, 3.8) is 0 Å². The average molecular weight is 324 g/mol. The molecule has 0 bridgehead atoms. The molecule has 0 spiro atoms. The second-order valence-corrected chi connectivity index (χ2v) is 5.63. The predicted molar refractivity (Wildman–Crippen MR) is 79.5 cm³/mol. The molecule has 0 unspecified atom stereocenters. The third kappa shape index (κ3) is 6.79. The Balaban J connectivity index is 2.64. The lowest BCUT2D eigenvalue weighted by molar-refractivity contribution is -0.145. The van der Waals surface area contributed by atoms with E-state index in [0.29, 0.717) is 4.90 Å². The SMILES string of the molecule is CC(C)(C)OC(=O)N(CC(=O)OCc1ccccc1)C(=O)NO. The number of carbonyl (C=O) groups is 3. The number of ether oxygens (including phenoxy) is 2. The van der Waals surface area contributed by atoms with E-state index in [0.717, 1.165) is 5.56 Å². The van der Waals surface area contributed by atoms with Crippen molar-refractivity contribution in [2.24, 2.45) is 0 Å². The molecule has 1 aromatic rings. The minimum Gasteiger partial charge on any atom is -0.459 e. The van der Waals surface area contributed by atoms with Gasteiger partial charge < -0.3 is 9.47 Å². The van der Waals surface area contributed by atoms with Crippen LogP contribution in [0.3, 0.4) is 0 Å². The summed E-state index contributed by atoms with van der Waals surface area (Å²) in [6.45, 7) is 4.13. The fourth-order valence-corrected chi connectivity index (χ4v) is 1.51. The maximum atomic E-state index is 11.9. The first-order chi connectivity index (χ1) is 10.7. The second kappa shape index (κ2) is 8.14. The first kappa shape index (κ1) is 18.4. The zero-order valence-electron chi connectivity index (χ0n) is 13.2. The summed E-state index contributed by atoms with van der Waals surface area (Å²) in [5, 5.41) is 8.67. The van der Waals surface area contributed by atoms with Gasteiger partial charge >= 0.3 is 18.1 Å². The highest BCUT2D eigenvalue weighted by Crippen LogP contribution is 2.10. The summed E-state index contributed by atoms with van der Waals surface area (Å²) in [5.74, 6) is -0.816. The minimum atomic E-state index is -1.18. The topological polar surface area (TPSA) is 105 Å². The number of amides is 3. The third-order valence-electron chi connectivity index (χ3n) is 2.48. The molecular formula is C15H20N2O6. The van der Waals surface area contributed by atoms with Crippen LogP contribution < -0.4 is 5.48 Å². The van der Waals surface area contributed by atoms with Crippen LogP contribution in [0.5, 0.6) is 0 Å². The molecular weight excluding hydrogens is 304 g/mol. The van der Waals surface area contributed by atoms with Crippen LogP contribution in [0.2, 0.25) is 0 Å². The number of imide groups is 1. The Kier molecular flexibility index (Phi) is 6.52. The number of nitrogens with zero attached hydrogens (tertiary/aromatic N) is 1. The van der Waals surface area contributed by atoms with Gasteiger partial charge in [0.2, 0.25) is 0 Å². The van der Waals surface area contributed by atoms with E-state index >= 15 is 0 Å². The molecule has 1 rings (SSSR count). The molecule has 23 heavy (non-hydrogen) atoms. The van der Waals surface area contributed by atoms with Crippen LogP contribution in [0.15, 0.2) is 30.3 Å². The van der Waals surface area contributed by atoms with E-state index in [-0.39, 0.29) is 6.61 Å². The van der Waals surface area contributed by atoms with Crippen molar-refractivity contribution in [1.29, 1.82) is 0 Å². The van der Waals surface area contributed by atoms with Crippen LogP contribution in [0.25, 0.3) is 0 Å². The maximum absolute atomic E-state index is 11.9. The summed E-state index contributed by atoms with van der Waals surface area (Å²) in [6, 6.07) is 7.74. The molecule has 0 radical (unpaired) electrons. The van der Waals surface area contributed by atoms with Crippen molar-refractivity contribution in [2.45, 2.75) is 33.0 Å². The Morgan fingerprint density at radius 2 is 1.78 bits per heavy atom. The number of hydrogen-bond donors (Lipinski definition) is 2. The Morgan fingerprint density at radius 3 is 2.30 bits per heavy atom. The molecule has 0 aromatic heterocycles. The van der Waals surface area contributed by atoms with Crippen LogP contribution >= 0.6 is 0 Å². The second-order valence-electron chi connectivity index (χ2n) is 5.63. The summed E-state index contributed by atoms with van der Waals surface area (Å²) in [6.07, 6.45) is -1.07. The molecule has 8 nitrogen and oxygen atoms in total. The summed E-state index contributed by atoms with van der Waals surface area (Å²) in [7, 11) is 0. The lowest BCUT2D eigenvalue weighted by atomic mass is 10.2. The summed E-state index contributed by atoms with van der Waals surface area (Å²) < 4.78 is 9.98. The number of esters is 1. The largest absolute Gasteiger partial charge is 0.459 e. The molecule has 126 valence electrons. The molecule has 0 atom stereocenters. The van der Waals surface area contributed by atoms with Crippen molar-refractivity contribution in [3.05, 3.63) is 35.9 Å². The van der Waals surface area contributed by atoms with Crippen LogP contribution in [0, 0.1) is 0 Å². The van der Waals surface area contributed by atoms with Gasteiger partial charge in [0.15, 0.2) is 0 Å². The van der Waals surface area contributed by atoms with Gasteiger partial charge in [0.05, 0.1) is 0 Å². The monoisotopic (exact) mass is 324 g/mol. The highest BCUT2D eigenvalue weighted by Gasteiger charge is 2.29. The fraction of sp³-hybridized carbons (Fsp3) is 0.400. The van der Waals surface area contributed by atoms with Gasteiger partial charge in [-0.3, -0.25) is 10.0 Å². The minimum absolute atomic E-state index is 0.00256. The Bertz CT molecular complexity index is 553. The van der Waals surface area contributed by atoms with Gasteiger partial charge in [0, 0.05) is 0 Å². The van der Waals surface area contributed by atoms with Gasteiger partial charge in [-0.05, 0) is 26.3 Å².